The first kappa shape index (κ1) is 33.3. The number of carbonyl (C=O) groups is 3. The van der Waals surface area contributed by atoms with Gasteiger partial charge in [0, 0.05) is 54.8 Å². The van der Waals surface area contributed by atoms with Crippen LogP contribution in [-0.4, -0.2) is 110 Å². The van der Waals surface area contributed by atoms with Crippen molar-refractivity contribution in [2.45, 2.75) is 31.2 Å². The fourth-order valence-corrected chi connectivity index (χ4v) is 6.46. The fourth-order valence-electron chi connectivity index (χ4n) is 5.62. The maximum atomic E-state index is 13.3. The lowest BCUT2D eigenvalue weighted by molar-refractivity contribution is -0.151. The Morgan fingerprint density at radius 1 is 1.00 bits per heavy atom. The summed E-state index contributed by atoms with van der Waals surface area (Å²) >= 11 is 24.9. The van der Waals surface area contributed by atoms with Gasteiger partial charge in [-0.1, -0.05) is 57.6 Å². The number of nitrogens with zero attached hydrogens (tertiary/aromatic N) is 5. The first-order chi connectivity index (χ1) is 20.5. The molecule has 2 aliphatic heterocycles. The number of benzene rings is 2. The summed E-state index contributed by atoms with van der Waals surface area (Å²) in [7, 11) is 4.81. The molecule has 0 N–H and O–H groups in total. The molecule has 3 amide bonds. The van der Waals surface area contributed by atoms with E-state index in [0.717, 1.165) is 38.0 Å². The van der Waals surface area contributed by atoms with E-state index >= 15 is 0 Å². The topological polar surface area (TPSA) is 85.8 Å². The second-order valence-corrected chi connectivity index (χ2v) is 12.6. The number of piperidine rings is 1. The Balaban J connectivity index is 1.47. The molecule has 2 aliphatic rings. The molecule has 13 heteroatoms. The number of carbonyl (C=O) groups excluding carboxylic acids is 3. The highest BCUT2D eigenvalue weighted by Gasteiger charge is 2.34. The third-order valence-corrected chi connectivity index (χ3v) is 9.14. The summed E-state index contributed by atoms with van der Waals surface area (Å²) in [6.07, 6.45) is 2.25. The van der Waals surface area contributed by atoms with Crippen LogP contribution in [0.4, 0.5) is 0 Å². The van der Waals surface area contributed by atoms with Crippen LogP contribution in [0.25, 0.3) is 0 Å². The SMILES string of the molecule is CO/N=C(\CN(C)C(=O)c1cc(Cl)cc(Cl)c1)[C@H](CCN1CCC(N2CC(=O)N(C)CC2=O)CC1)c1ccc(Cl)c(Cl)c1. The van der Waals surface area contributed by atoms with Crippen LogP contribution in [-0.2, 0) is 14.4 Å². The number of rotatable bonds is 10. The van der Waals surface area contributed by atoms with Crippen LogP contribution < -0.4 is 0 Å². The van der Waals surface area contributed by atoms with Crippen LogP contribution in [0.15, 0.2) is 41.6 Å². The van der Waals surface area contributed by atoms with E-state index in [4.69, 9.17) is 51.2 Å². The van der Waals surface area contributed by atoms with Crippen molar-refractivity contribution in [1.82, 2.24) is 19.6 Å². The van der Waals surface area contributed by atoms with Gasteiger partial charge in [-0.15, -0.1) is 0 Å². The number of hydrogen-bond donors (Lipinski definition) is 0. The van der Waals surface area contributed by atoms with Gasteiger partial charge in [-0.2, -0.15) is 0 Å². The van der Waals surface area contributed by atoms with Crippen molar-refractivity contribution in [2.24, 2.45) is 5.16 Å². The molecule has 0 saturated carbocycles. The number of halogens is 4. The minimum Gasteiger partial charge on any atom is -0.399 e. The molecule has 0 aromatic heterocycles. The number of piperazine rings is 1. The van der Waals surface area contributed by atoms with Crippen LogP contribution in [0.1, 0.15) is 41.1 Å². The van der Waals surface area contributed by atoms with Crippen LogP contribution >= 0.6 is 46.4 Å². The zero-order chi connectivity index (χ0) is 31.3. The third kappa shape index (κ3) is 8.54. The van der Waals surface area contributed by atoms with Crippen LogP contribution in [0.3, 0.4) is 0 Å². The van der Waals surface area contributed by atoms with Crippen molar-refractivity contribution >= 4 is 69.8 Å². The summed E-state index contributed by atoms with van der Waals surface area (Å²) in [6.45, 7) is 2.77. The summed E-state index contributed by atoms with van der Waals surface area (Å²) in [5, 5.41) is 5.97. The average molecular weight is 671 g/mol. The molecule has 0 radical (unpaired) electrons. The van der Waals surface area contributed by atoms with Gasteiger partial charge < -0.3 is 24.4 Å². The first-order valence-corrected chi connectivity index (χ1v) is 15.5. The van der Waals surface area contributed by atoms with E-state index in [1.807, 2.05) is 12.1 Å². The molecule has 1 atom stereocenters. The molecule has 2 aromatic rings. The summed E-state index contributed by atoms with van der Waals surface area (Å²) in [5.74, 6) is -0.528. The summed E-state index contributed by atoms with van der Waals surface area (Å²) in [4.78, 5) is 50.4. The smallest absolute Gasteiger partial charge is 0.254 e. The molecule has 2 aromatic carbocycles. The molecule has 0 unspecified atom stereocenters. The molecule has 43 heavy (non-hydrogen) atoms. The molecule has 0 spiro atoms. The van der Waals surface area contributed by atoms with Gasteiger partial charge in [-0.05, 0) is 61.7 Å². The number of oxime groups is 1. The minimum atomic E-state index is -0.264. The van der Waals surface area contributed by atoms with E-state index in [-0.39, 0.29) is 49.3 Å². The van der Waals surface area contributed by atoms with Gasteiger partial charge >= 0.3 is 0 Å². The molecule has 0 aliphatic carbocycles. The predicted octanol–water partition coefficient (Wildman–Crippen LogP) is 5.31. The molecule has 9 nitrogen and oxygen atoms in total. The largest absolute Gasteiger partial charge is 0.399 e. The molecular weight excluding hydrogens is 636 g/mol. The molecule has 2 saturated heterocycles. The lowest BCUT2D eigenvalue weighted by Gasteiger charge is -2.41. The predicted molar refractivity (Wildman–Crippen MR) is 170 cm³/mol. The highest BCUT2D eigenvalue weighted by atomic mass is 35.5. The highest BCUT2D eigenvalue weighted by Crippen LogP contribution is 2.31. The Morgan fingerprint density at radius 2 is 1.67 bits per heavy atom. The van der Waals surface area contributed by atoms with E-state index in [1.54, 1.807) is 48.2 Å². The van der Waals surface area contributed by atoms with E-state index < -0.39 is 0 Å². The number of amides is 3. The van der Waals surface area contributed by atoms with E-state index in [2.05, 4.69) is 10.1 Å². The zero-order valence-electron chi connectivity index (χ0n) is 24.4. The van der Waals surface area contributed by atoms with Crippen molar-refractivity contribution in [2.75, 3.05) is 60.5 Å². The normalized spacial score (nSPS) is 17.8. The van der Waals surface area contributed by atoms with Crippen LogP contribution in [0.5, 0.6) is 0 Å². The van der Waals surface area contributed by atoms with Gasteiger partial charge in [-0.3, -0.25) is 14.4 Å². The van der Waals surface area contributed by atoms with Crippen molar-refractivity contribution < 1.29 is 19.2 Å². The second-order valence-electron chi connectivity index (χ2n) is 10.9. The van der Waals surface area contributed by atoms with Crippen molar-refractivity contribution in [3.63, 3.8) is 0 Å². The molecular formula is C30H35Cl4N5O4. The minimum absolute atomic E-state index is 0.000590. The van der Waals surface area contributed by atoms with Crippen LogP contribution in [0, 0.1) is 0 Å². The van der Waals surface area contributed by atoms with Gasteiger partial charge in [0.05, 0.1) is 28.8 Å². The molecule has 4 rings (SSSR count). The van der Waals surface area contributed by atoms with E-state index in [9.17, 15) is 14.4 Å². The number of likely N-dealkylation sites (N-methyl/N-ethyl adjacent to an activating group) is 1. The standard InChI is InChI=1S/C30H35Cl4N5O4/c1-36-17-29(41)39(18-28(36)40)23-6-9-38(10-7-23)11-8-24(19-4-5-25(33)26(34)14-19)27(35-43-3)16-37(2)30(42)20-12-21(31)15-22(32)13-20/h4-5,12-15,23-24H,6-11,16-18H2,1-3H3/b35-27+/t24-/m1/s1. The van der Waals surface area contributed by atoms with Crippen molar-refractivity contribution in [3.8, 4) is 0 Å². The molecule has 232 valence electrons. The fraction of sp³-hybridized carbons (Fsp3) is 0.467. The molecule has 2 fully saturated rings. The lowest BCUT2D eigenvalue weighted by Crippen LogP contribution is -2.57. The first-order valence-electron chi connectivity index (χ1n) is 14.0. The second kappa shape index (κ2) is 14.9. The number of likely N-dealkylation sites (tertiary alicyclic amines) is 1. The third-order valence-electron chi connectivity index (χ3n) is 7.97. The van der Waals surface area contributed by atoms with Gasteiger partial charge in [-0.25, -0.2) is 0 Å². The average Bonchev–Trinajstić information content (AvgIpc) is 2.96. The van der Waals surface area contributed by atoms with Gasteiger partial charge in [0.2, 0.25) is 11.8 Å². The van der Waals surface area contributed by atoms with Gasteiger partial charge in [0.15, 0.2) is 0 Å². The van der Waals surface area contributed by atoms with Crippen LogP contribution in [0.2, 0.25) is 20.1 Å². The van der Waals surface area contributed by atoms with E-state index in [0.29, 0.717) is 37.8 Å². The zero-order valence-corrected chi connectivity index (χ0v) is 27.4. The van der Waals surface area contributed by atoms with Gasteiger partial charge in [0.25, 0.3) is 5.91 Å². The quantitative estimate of drug-likeness (QED) is 0.253. The Morgan fingerprint density at radius 3 is 2.30 bits per heavy atom. The van der Waals surface area contributed by atoms with Crippen molar-refractivity contribution in [1.29, 1.82) is 0 Å². The van der Waals surface area contributed by atoms with Crippen molar-refractivity contribution in [3.05, 3.63) is 67.6 Å². The maximum Gasteiger partial charge on any atom is 0.254 e. The lowest BCUT2D eigenvalue weighted by atomic mass is 9.89. The summed E-state index contributed by atoms with van der Waals surface area (Å²) in [6, 6.07) is 10.3. The Labute approximate surface area is 272 Å². The molecule has 0 bridgehead atoms. The van der Waals surface area contributed by atoms with E-state index in [1.165, 1.54) is 12.0 Å². The monoisotopic (exact) mass is 669 g/mol. The Hall–Kier alpha value is -2.56. The highest BCUT2D eigenvalue weighted by molar-refractivity contribution is 6.42. The summed E-state index contributed by atoms with van der Waals surface area (Å²) in [5.41, 5.74) is 1.90. The maximum absolute atomic E-state index is 13.3. The Bertz CT molecular complexity index is 1360. The number of hydrogen-bond acceptors (Lipinski definition) is 6. The summed E-state index contributed by atoms with van der Waals surface area (Å²) < 4.78 is 0. The van der Waals surface area contributed by atoms with Gasteiger partial charge in [0.1, 0.15) is 13.7 Å². The Kier molecular flexibility index (Phi) is 11.6. The molecule has 2 heterocycles.